The topological polar surface area (TPSA) is 17.1 Å². The fraction of sp³-hybridized carbons (Fsp3) is 0.0714. The highest BCUT2D eigenvalue weighted by Crippen LogP contribution is 2.22. The maximum atomic E-state index is 11.1. The van der Waals surface area contributed by atoms with Gasteiger partial charge in [-0.05, 0) is 41.3 Å². The summed E-state index contributed by atoms with van der Waals surface area (Å²) in [5, 5.41) is -0.405. The second kappa shape index (κ2) is 4.50. The van der Waals surface area contributed by atoms with Gasteiger partial charge < -0.3 is 0 Å². The van der Waals surface area contributed by atoms with Crippen LogP contribution in [0.3, 0.4) is 0 Å². The summed E-state index contributed by atoms with van der Waals surface area (Å²) in [7, 11) is 0. The molecule has 0 heterocycles. The summed E-state index contributed by atoms with van der Waals surface area (Å²) in [6, 6.07) is 15.7. The van der Waals surface area contributed by atoms with E-state index in [1.807, 2.05) is 49.4 Å². The van der Waals surface area contributed by atoms with Gasteiger partial charge in [-0.25, -0.2) is 0 Å². The Bertz CT molecular complexity index is 518. The van der Waals surface area contributed by atoms with Gasteiger partial charge in [0, 0.05) is 5.56 Å². The van der Waals surface area contributed by atoms with Gasteiger partial charge in [0.2, 0.25) is 0 Å². The molecule has 0 spiro atoms. The van der Waals surface area contributed by atoms with E-state index in [9.17, 15) is 4.79 Å². The summed E-state index contributed by atoms with van der Waals surface area (Å²) in [6.45, 7) is 1.89. The average molecular weight is 231 g/mol. The third-order valence-electron chi connectivity index (χ3n) is 2.55. The van der Waals surface area contributed by atoms with Gasteiger partial charge in [-0.3, -0.25) is 4.79 Å². The number of hydrogen-bond acceptors (Lipinski definition) is 1. The molecule has 1 nitrogen and oxygen atoms in total. The molecule has 0 bridgehead atoms. The average Bonchev–Trinajstić information content (AvgIpc) is 2.29. The summed E-state index contributed by atoms with van der Waals surface area (Å²) in [6.07, 6.45) is 0. The van der Waals surface area contributed by atoms with Gasteiger partial charge in [0.25, 0.3) is 5.24 Å². The molecule has 2 aromatic carbocycles. The molecule has 0 aromatic heterocycles. The van der Waals surface area contributed by atoms with Crippen LogP contribution in [0.15, 0.2) is 48.5 Å². The Morgan fingerprint density at radius 1 is 1.00 bits per heavy atom. The van der Waals surface area contributed by atoms with Crippen LogP contribution in [-0.2, 0) is 0 Å². The summed E-state index contributed by atoms with van der Waals surface area (Å²) >= 11 is 5.47. The third-order valence-corrected chi connectivity index (χ3v) is 2.75. The van der Waals surface area contributed by atoms with Crippen LogP contribution in [0.2, 0.25) is 0 Å². The lowest BCUT2D eigenvalue weighted by atomic mass is 10.0. The molecule has 0 fully saturated rings. The van der Waals surface area contributed by atoms with Crippen molar-refractivity contribution < 1.29 is 4.79 Å². The Morgan fingerprint density at radius 3 is 2.25 bits per heavy atom. The zero-order chi connectivity index (χ0) is 11.5. The highest BCUT2D eigenvalue weighted by molar-refractivity contribution is 6.67. The van der Waals surface area contributed by atoms with E-state index in [1.54, 1.807) is 6.07 Å². The Kier molecular flexibility index (Phi) is 3.07. The predicted octanol–water partition coefficient (Wildman–Crippen LogP) is 4.04. The van der Waals surface area contributed by atoms with Crippen molar-refractivity contribution in [3.8, 4) is 11.1 Å². The van der Waals surface area contributed by atoms with Crippen LogP contribution in [0.1, 0.15) is 15.9 Å². The minimum Gasteiger partial charge on any atom is -0.276 e. The molecular formula is C14H11ClO. The predicted molar refractivity (Wildman–Crippen MR) is 66.8 cm³/mol. The van der Waals surface area contributed by atoms with Crippen molar-refractivity contribution in [2.24, 2.45) is 0 Å². The van der Waals surface area contributed by atoms with Crippen LogP contribution >= 0.6 is 11.6 Å². The summed E-state index contributed by atoms with van der Waals surface area (Å²) < 4.78 is 0. The number of rotatable bonds is 2. The molecule has 0 aliphatic carbocycles. The molecule has 0 atom stereocenters. The first kappa shape index (κ1) is 10.9. The number of halogens is 1. The van der Waals surface area contributed by atoms with Crippen molar-refractivity contribution in [3.05, 3.63) is 59.7 Å². The first-order valence-electron chi connectivity index (χ1n) is 5.04. The largest absolute Gasteiger partial charge is 0.276 e. The van der Waals surface area contributed by atoms with Gasteiger partial charge in [-0.2, -0.15) is 0 Å². The fourth-order valence-corrected chi connectivity index (χ4v) is 1.91. The van der Waals surface area contributed by atoms with Crippen molar-refractivity contribution in [2.45, 2.75) is 6.92 Å². The fourth-order valence-electron chi connectivity index (χ4n) is 1.69. The first-order valence-corrected chi connectivity index (χ1v) is 5.42. The van der Waals surface area contributed by atoms with Crippen LogP contribution in [0.5, 0.6) is 0 Å². The monoisotopic (exact) mass is 230 g/mol. The second-order valence-electron chi connectivity index (χ2n) is 3.67. The molecule has 0 saturated carbocycles. The Balaban J connectivity index is 2.46. The van der Waals surface area contributed by atoms with E-state index in [0.29, 0.717) is 5.56 Å². The lowest BCUT2D eigenvalue weighted by Gasteiger charge is -2.05. The normalized spacial score (nSPS) is 10.1. The van der Waals surface area contributed by atoms with E-state index in [2.05, 4.69) is 0 Å². The smallest absolute Gasteiger partial charge is 0.252 e. The molecule has 2 rings (SSSR count). The Hall–Kier alpha value is -1.60. The summed E-state index contributed by atoms with van der Waals surface area (Å²) in [4.78, 5) is 11.1. The SMILES string of the molecule is Cc1cc(-c2ccccc2)ccc1C(=O)Cl. The molecule has 16 heavy (non-hydrogen) atoms. The minimum absolute atomic E-state index is 0.405. The first-order chi connectivity index (χ1) is 7.68. The third kappa shape index (κ3) is 2.15. The van der Waals surface area contributed by atoms with Crippen LogP contribution in [-0.4, -0.2) is 5.24 Å². The van der Waals surface area contributed by atoms with E-state index in [4.69, 9.17) is 11.6 Å². The van der Waals surface area contributed by atoms with Gasteiger partial charge in [-0.15, -0.1) is 0 Å². The molecule has 0 aliphatic rings. The molecule has 0 saturated heterocycles. The highest BCUT2D eigenvalue weighted by Gasteiger charge is 2.06. The Labute approximate surface area is 99.7 Å². The van der Waals surface area contributed by atoms with Gasteiger partial charge in [0.1, 0.15) is 0 Å². The van der Waals surface area contributed by atoms with E-state index in [1.165, 1.54) is 0 Å². The molecule has 80 valence electrons. The molecular weight excluding hydrogens is 220 g/mol. The van der Waals surface area contributed by atoms with Crippen LogP contribution in [0, 0.1) is 6.92 Å². The summed E-state index contributed by atoms with van der Waals surface area (Å²) in [5.74, 6) is 0. The molecule has 0 N–H and O–H groups in total. The quantitative estimate of drug-likeness (QED) is 0.712. The molecule has 0 amide bonds. The lowest BCUT2D eigenvalue weighted by Crippen LogP contribution is -1.93. The highest BCUT2D eigenvalue weighted by atomic mass is 35.5. The summed E-state index contributed by atoms with van der Waals surface area (Å²) in [5.41, 5.74) is 3.71. The standard InChI is InChI=1S/C14H11ClO/c1-10-9-12(7-8-13(10)14(15)16)11-5-3-2-4-6-11/h2-9H,1H3. The van der Waals surface area contributed by atoms with E-state index in [0.717, 1.165) is 16.7 Å². The number of benzene rings is 2. The van der Waals surface area contributed by atoms with Gasteiger partial charge >= 0.3 is 0 Å². The van der Waals surface area contributed by atoms with E-state index in [-0.39, 0.29) is 0 Å². The zero-order valence-electron chi connectivity index (χ0n) is 8.91. The van der Waals surface area contributed by atoms with E-state index < -0.39 is 5.24 Å². The van der Waals surface area contributed by atoms with Crippen molar-refractivity contribution in [1.82, 2.24) is 0 Å². The van der Waals surface area contributed by atoms with Gasteiger partial charge in [0.05, 0.1) is 0 Å². The molecule has 0 unspecified atom stereocenters. The second-order valence-corrected chi connectivity index (χ2v) is 4.01. The van der Waals surface area contributed by atoms with Crippen molar-refractivity contribution in [2.75, 3.05) is 0 Å². The van der Waals surface area contributed by atoms with Crippen molar-refractivity contribution in [1.29, 1.82) is 0 Å². The van der Waals surface area contributed by atoms with Crippen LogP contribution in [0.25, 0.3) is 11.1 Å². The van der Waals surface area contributed by atoms with Gasteiger partial charge in [-0.1, -0.05) is 42.5 Å². The number of hydrogen-bond donors (Lipinski definition) is 0. The maximum Gasteiger partial charge on any atom is 0.252 e. The molecule has 2 aromatic rings. The number of carbonyl (C=O) groups is 1. The van der Waals surface area contributed by atoms with Gasteiger partial charge in [0.15, 0.2) is 0 Å². The zero-order valence-corrected chi connectivity index (χ0v) is 9.66. The maximum absolute atomic E-state index is 11.1. The number of carbonyl (C=O) groups excluding carboxylic acids is 1. The molecule has 2 heteroatoms. The van der Waals surface area contributed by atoms with Crippen LogP contribution < -0.4 is 0 Å². The van der Waals surface area contributed by atoms with Crippen molar-refractivity contribution >= 4 is 16.8 Å². The van der Waals surface area contributed by atoms with E-state index >= 15 is 0 Å². The molecule has 0 radical (unpaired) electrons. The lowest BCUT2D eigenvalue weighted by molar-refractivity contribution is 0.108. The minimum atomic E-state index is -0.405. The van der Waals surface area contributed by atoms with Crippen molar-refractivity contribution in [3.63, 3.8) is 0 Å². The Morgan fingerprint density at radius 2 is 1.69 bits per heavy atom. The van der Waals surface area contributed by atoms with Crippen LogP contribution in [0.4, 0.5) is 0 Å². The number of aryl methyl sites for hydroxylation is 1. The molecule has 0 aliphatic heterocycles.